The van der Waals surface area contributed by atoms with Crippen molar-refractivity contribution in [2.45, 2.75) is 0 Å². The monoisotopic (exact) mass is 1540 g/mol. The second kappa shape index (κ2) is 29.6. The van der Waals surface area contributed by atoms with Gasteiger partial charge in [0.1, 0.15) is 0 Å². The summed E-state index contributed by atoms with van der Waals surface area (Å²) in [5.74, 6) is 2.72. The van der Waals surface area contributed by atoms with Crippen LogP contribution in [0.5, 0.6) is 0 Å². The first-order chi connectivity index (χ1) is 58.4. The maximum absolute atomic E-state index is 5.42. The first-order valence-corrected chi connectivity index (χ1v) is 41.1. The highest BCUT2D eigenvalue weighted by atomic mass is 32.1. The Hall–Kier alpha value is -15.2. The highest BCUT2D eigenvalue weighted by Crippen LogP contribution is 2.48. The lowest BCUT2D eigenvalue weighted by atomic mass is 9.95. The van der Waals surface area contributed by atoms with Crippen LogP contribution in [0, 0.1) is 0 Å². The number of rotatable bonds is 15. The van der Waals surface area contributed by atoms with E-state index in [1.54, 1.807) is 0 Å². The Balaban J connectivity index is 0.529. The van der Waals surface area contributed by atoms with Crippen molar-refractivity contribution in [2.75, 3.05) is 0 Å². The fraction of sp³-hybridized carbons (Fsp3) is 0. The van der Waals surface area contributed by atoms with Crippen LogP contribution < -0.4 is 0 Å². The fourth-order valence-corrected chi connectivity index (χ4v) is 19.1. The third-order valence-corrected chi connectivity index (χ3v) is 24.8. The Morgan fingerprint density at radius 1 is 0.161 bits per heavy atom. The van der Waals surface area contributed by atoms with E-state index in [0.717, 1.165) is 145 Å². The molecule has 0 bridgehead atoms. The number of benzene rings is 16. The Kier molecular flexibility index (Phi) is 17.5. The van der Waals surface area contributed by atoms with E-state index in [2.05, 4.69) is 334 Å². The molecule has 22 rings (SSSR count). The van der Waals surface area contributed by atoms with Gasteiger partial charge in [0.2, 0.25) is 0 Å². The minimum absolute atomic E-state index is 0.652. The van der Waals surface area contributed by atoms with E-state index in [4.69, 9.17) is 39.9 Å². The molecule has 0 amide bonds. The van der Waals surface area contributed by atoms with Gasteiger partial charge in [-0.3, -0.25) is 0 Å². The summed E-state index contributed by atoms with van der Waals surface area (Å²) in [5, 5.41) is 6.98. The van der Waals surface area contributed by atoms with Crippen LogP contribution in [0.25, 0.3) is 231 Å². The fourth-order valence-electron chi connectivity index (χ4n) is 16.5. The smallest absolute Gasteiger partial charge is 0.160 e. The molecule has 118 heavy (non-hydrogen) atoms. The lowest BCUT2D eigenvalue weighted by Crippen LogP contribution is -1.96. The summed E-state index contributed by atoms with van der Waals surface area (Å²) in [4.78, 5) is 41.6. The van der Waals surface area contributed by atoms with Crippen molar-refractivity contribution in [1.82, 2.24) is 39.9 Å². The van der Waals surface area contributed by atoms with Crippen LogP contribution in [0.4, 0.5) is 0 Å². The van der Waals surface area contributed by atoms with Crippen LogP contribution in [0.1, 0.15) is 0 Å². The molecule has 6 heterocycles. The normalized spacial score (nSPS) is 11.6. The summed E-state index contributed by atoms with van der Waals surface area (Å²) in [7, 11) is 0. The van der Waals surface area contributed by atoms with Gasteiger partial charge in [0.25, 0.3) is 0 Å². The van der Waals surface area contributed by atoms with E-state index in [9.17, 15) is 0 Å². The lowest BCUT2D eigenvalue weighted by Gasteiger charge is -2.12. The molecule has 0 aliphatic heterocycles. The summed E-state index contributed by atoms with van der Waals surface area (Å²) in [6.45, 7) is 0. The molecule has 22 aromatic rings. The summed E-state index contributed by atoms with van der Waals surface area (Å²) < 4.78 is 4.98. The van der Waals surface area contributed by atoms with Crippen molar-refractivity contribution in [3.05, 3.63) is 400 Å². The zero-order valence-electron chi connectivity index (χ0n) is 63.5. The topological polar surface area (TPSA) is 103 Å². The van der Waals surface area contributed by atoms with E-state index < -0.39 is 0 Å². The van der Waals surface area contributed by atoms with Gasteiger partial charge in [-0.15, -0.1) is 22.7 Å². The van der Waals surface area contributed by atoms with Gasteiger partial charge in [-0.1, -0.05) is 358 Å². The summed E-state index contributed by atoms with van der Waals surface area (Å²) in [5.41, 5.74) is 28.5. The number of aromatic nitrogens is 8. The highest BCUT2D eigenvalue weighted by Gasteiger charge is 2.22. The molecule has 6 aromatic heterocycles. The lowest BCUT2D eigenvalue weighted by molar-refractivity contribution is 1.18. The minimum Gasteiger partial charge on any atom is -0.228 e. The molecule has 0 saturated heterocycles. The van der Waals surface area contributed by atoms with Crippen LogP contribution in [0.3, 0.4) is 0 Å². The Morgan fingerprint density at radius 3 is 0.873 bits per heavy atom. The molecule has 0 spiro atoms. The molecule has 0 atom stereocenters. The van der Waals surface area contributed by atoms with E-state index in [-0.39, 0.29) is 0 Å². The SMILES string of the molecule is c1ccc(-c2cc(-c3ccc(-c4cccc(-c5nc(-c6ccc(-c7cccc8sc9c(-c%10ccc(-c%11nc(-c%12ccccc%12)nc%12ccccc%11%12)cc%10)cccc9c78)cc6)c6ccccc6n5)c4)cc3)nc(-c3ccc(-c4cccc5c4sc4cccc(-c6ccc(-c7nc(-c8ccccc8)cc(-c8ccccc8)n7)cc6)c45)cc3)n2)cc1. The van der Waals surface area contributed by atoms with Crippen molar-refractivity contribution in [3.63, 3.8) is 0 Å². The predicted molar refractivity (Wildman–Crippen MR) is 491 cm³/mol. The van der Waals surface area contributed by atoms with E-state index in [1.807, 2.05) is 89.4 Å². The van der Waals surface area contributed by atoms with Gasteiger partial charge in [0.15, 0.2) is 23.3 Å². The van der Waals surface area contributed by atoms with E-state index in [1.165, 1.54) is 62.6 Å². The van der Waals surface area contributed by atoms with Gasteiger partial charge in [0.05, 0.1) is 45.2 Å². The molecule has 550 valence electrons. The van der Waals surface area contributed by atoms with Crippen molar-refractivity contribution >= 4 is 84.8 Å². The van der Waals surface area contributed by atoms with Crippen LogP contribution in [-0.2, 0) is 0 Å². The number of thiophene rings is 2. The van der Waals surface area contributed by atoms with Crippen molar-refractivity contribution < 1.29 is 0 Å². The van der Waals surface area contributed by atoms with Crippen LogP contribution in [-0.4, -0.2) is 39.9 Å². The summed E-state index contributed by atoms with van der Waals surface area (Å²) >= 11 is 3.69. The van der Waals surface area contributed by atoms with Crippen LogP contribution >= 0.6 is 22.7 Å². The predicted octanol–water partition coefficient (Wildman–Crippen LogP) is 28.9. The zero-order chi connectivity index (χ0) is 78.0. The Bertz CT molecular complexity index is 7550. The molecule has 0 N–H and O–H groups in total. The molecule has 0 unspecified atom stereocenters. The third kappa shape index (κ3) is 12.9. The number of nitrogens with zero attached hydrogens (tertiary/aromatic N) is 8. The second-order valence-electron chi connectivity index (χ2n) is 29.6. The Labute approximate surface area is 688 Å². The standard InChI is InChI=1S/C108H66N8S2/c1-5-22-72(23-6-1)93-65-94(73-24-7-2-8-25-73)112-105(111-93)79-60-50-69(51-61-79)84-35-21-43-98-100(84)90-39-19-37-86(104(90)118-98)71-52-62-80(63-53-71)106-113-95(74-26-9-3-10-27-74)66-96(114-106)75-54-44-67(45-55-75)81-30-17-31-82(64-81)108-110-92-41-16-14-33-88(92)102(116-108)76-56-46-68(47-57-76)83-34-20-42-97-99(83)89-38-18-36-85(103(89)117-97)70-48-58-77(59-49-70)101-87-32-13-15-40-91(87)109-107(115-101)78-28-11-4-12-29-78/h1-66H. The first kappa shape index (κ1) is 69.5. The molecule has 0 aliphatic rings. The third-order valence-electron chi connectivity index (χ3n) is 22.4. The number of hydrogen-bond donors (Lipinski definition) is 0. The molecule has 0 aliphatic carbocycles. The molecule has 16 aromatic carbocycles. The molecule has 0 radical (unpaired) electrons. The van der Waals surface area contributed by atoms with Gasteiger partial charge in [0, 0.05) is 107 Å². The first-order valence-electron chi connectivity index (χ1n) is 39.5. The molecule has 0 fully saturated rings. The zero-order valence-corrected chi connectivity index (χ0v) is 65.1. The van der Waals surface area contributed by atoms with Crippen molar-refractivity contribution in [3.8, 4) is 169 Å². The molecule has 0 saturated carbocycles. The molecular formula is C108H66N8S2. The van der Waals surface area contributed by atoms with Crippen LogP contribution in [0.2, 0.25) is 0 Å². The van der Waals surface area contributed by atoms with Gasteiger partial charge in [-0.05, 0) is 98.1 Å². The maximum Gasteiger partial charge on any atom is 0.160 e. The van der Waals surface area contributed by atoms with Crippen molar-refractivity contribution in [2.24, 2.45) is 0 Å². The van der Waals surface area contributed by atoms with Crippen LogP contribution in [0.15, 0.2) is 400 Å². The average molecular weight is 1540 g/mol. The molecule has 10 heteroatoms. The summed E-state index contributed by atoms with van der Waals surface area (Å²) in [6.07, 6.45) is 0. The van der Waals surface area contributed by atoms with Crippen molar-refractivity contribution in [1.29, 1.82) is 0 Å². The second-order valence-corrected chi connectivity index (χ2v) is 31.7. The highest BCUT2D eigenvalue weighted by molar-refractivity contribution is 7.27. The van der Waals surface area contributed by atoms with Gasteiger partial charge >= 0.3 is 0 Å². The molecule has 8 nitrogen and oxygen atoms in total. The minimum atomic E-state index is 0.652. The molecular weight excluding hydrogens is 1470 g/mol. The van der Waals surface area contributed by atoms with E-state index in [0.29, 0.717) is 23.3 Å². The largest absolute Gasteiger partial charge is 0.228 e. The Morgan fingerprint density at radius 2 is 0.441 bits per heavy atom. The number of fused-ring (bicyclic) bond motifs is 8. The maximum atomic E-state index is 5.42. The quantitative estimate of drug-likeness (QED) is 0.1000. The number of hydrogen-bond acceptors (Lipinski definition) is 10. The van der Waals surface area contributed by atoms with E-state index >= 15 is 0 Å². The number of para-hydroxylation sites is 2. The van der Waals surface area contributed by atoms with Gasteiger partial charge in [-0.2, -0.15) is 0 Å². The summed E-state index contributed by atoms with van der Waals surface area (Å²) in [6, 6.07) is 141. The van der Waals surface area contributed by atoms with Gasteiger partial charge < -0.3 is 0 Å². The van der Waals surface area contributed by atoms with Gasteiger partial charge in [-0.25, -0.2) is 39.9 Å². The average Bonchev–Trinajstić information content (AvgIpc) is 1.55.